The number of rotatable bonds is 4. The fourth-order valence-electron chi connectivity index (χ4n) is 2.73. The first-order valence-electron chi connectivity index (χ1n) is 6.87. The van der Waals surface area contributed by atoms with Gasteiger partial charge in [0, 0.05) is 24.4 Å². The Hall–Kier alpha value is -1.55. The van der Waals surface area contributed by atoms with Crippen molar-refractivity contribution in [2.75, 3.05) is 18.9 Å². The van der Waals surface area contributed by atoms with E-state index >= 15 is 0 Å². The summed E-state index contributed by atoms with van der Waals surface area (Å²) >= 11 is 0. The van der Waals surface area contributed by atoms with Crippen molar-refractivity contribution >= 4 is 11.6 Å². The van der Waals surface area contributed by atoms with Crippen LogP contribution in [0.5, 0.6) is 0 Å². The van der Waals surface area contributed by atoms with Gasteiger partial charge in [-0.3, -0.25) is 4.79 Å². The highest BCUT2D eigenvalue weighted by Crippen LogP contribution is 2.30. The molecule has 104 valence electrons. The highest BCUT2D eigenvalue weighted by Gasteiger charge is 2.26. The zero-order chi connectivity index (χ0) is 13.8. The smallest absolute Gasteiger partial charge is 0.251 e. The minimum atomic E-state index is -0.0877. The molecule has 0 bridgehead atoms. The fraction of sp³-hybridized carbons (Fsp3) is 0.533. The van der Waals surface area contributed by atoms with Gasteiger partial charge in [0.2, 0.25) is 0 Å². The second-order valence-electron chi connectivity index (χ2n) is 5.42. The lowest BCUT2D eigenvalue weighted by atomic mass is 9.97. The van der Waals surface area contributed by atoms with Gasteiger partial charge in [0.1, 0.15) is 0 Å². The highest BCUT2D eigenvalue weighted by atomic mass is 16.3. The number of carbonyl (C=O) groups is 1. The molecule has 0 aromatic heterocycles. The van der Waals surface area contributed by atoms with Gasteiger partial charge in [0.25, 0.3) is 5.91 Å². The number of benzene rings is 1. The normalized spacial score (nSPS) is 22.4. The van der Waals surface area contributed by atoms with Gasteiger partial charge in [-0.15, -0.1) is 0 Å². The summed E-state index contributed by atoms with van der Waals surface area (Å²) in [5, 5.41) is 12.2. The molecule has 0 heterocycles. The van der Waals surface area contributed by atoms with Crippen molar-refractivity contribution in [3.63, 3.8) is 0 Å². The van der Waals surface area contributed by atoms with Gasteiger partial charge in [-0.05, 0) is 49.3 Å². The molecule has 0 spiro atoms. The number of hydrogen-bond acceptors (Lipinski definition) is 3. The lowest BCUT2D eigenvalue weighted by Crippen LogP contribution is -2.31. The maximum atomic E-state index is 12.0. The van der Waals surface area contributed by atoms with Crippen LogP contribution in [0.25, 0.3) is 0 Å². The van der Waals surface area contributed by atoms with Gasteiger partial charge in [-0.2, -0.15) is 0 Å². The summed E-state index contributed by atoms with van der Waals surface area (Å²) < 4.78 is 0. The standard InChI is InChI=1S/C15H22N2O2/c1-10-5-6-11(7-14(10)16)15(19)17-8-12-3-2-4-13(12)9-18/h5-7,12-13,18H,2-4,8-9,16H2,1H3,(H,17,19). The third-order valence-corrected chi connectivity index (χ3v) is 4.12. The lowest BCUT2D eigenvalue weighted by molar-refractivity contribution is 0.0938. The topological polar surface area (TPSA) is 75.3 Å². The average molecular weight is 262 g/mol. The molecule has 1 aliphatic carbocycles. The number of nitrogens with two attached hydrogens (primary N) is 1. The Kier molecular flexibility index (Phi) is 4.43. The van der Waals surface area contributed by atoms with E-state index in [4.69, 9.17) is 5.73 Å². The van der Waals surface area contributed by atoms with Crippen LogP contribution in [-0.2, 0) is 0 Å². The zero-order valence-electron chi connectivity index (χ0n) is 11.4. The molecule has 4 N–H and O–H groups in total. The monoisotopic (exact) mass is 262 g/mol. The van der Waals surface area contributed by atoms with Crippen LogP contribution in [0.15, 0.2) is 18.2 Å². The predicted octanol–water partition coefficient (Wildman–Crippen LogP) is 1.72. The van der Waals surface area contributed by atoms with Gasteiger partial charge in [0.05, 0.1) is 0 Å². The van der Waals surface area contributed by atoms with E-state index in [1.165, 1.54) is 0 Å². The summed E-state index contributed by atoms with van der Waals surface area (Å²) in [7, 11) is 0. The van der Waals surface area contributed by atoms with Crippen LogP contribution in [0.3, 0.4) is 0 Å². The van der Waals surface area contributed by atoms with Crippen molar-refractivity contribution in [3.8, 4) is 0 Å². The largest absolute Gasteiger partial charge is 0.398 e. The quantitative estimate of drug-likeness (QED) is 0.723. The van der Waals surface area contributed by atoms with Gasteiger partial charge < -0.3 is 16.2 Å². The fourth-order valence-corrected chi connectivity index (χ4v) is 2.73. The molecule has 1 amide bonds. The van der Waals surface area contributed by atoms with E-state index in [2.05, 4.69) is 5.32 Å². The molecule has 2 atom stereocenters. The summed E-state index contributed by atoms with van der Waals surface area (Å²) in [6, 6.07) is 5.36. The van der Waals surface area contributed by atoms with E-state index < -0.39 is 0 Å². The predicted molar refractivity (Wildman–Crippen MR) is 75.8 cm³/mol. The van der Waals surface area contributed by atoms with Crippen LogP contribution in [0.2, 0.25) is 0 Å². The Labute approximate surface area is 114 Å². The Bertz CT molecular complexity index is 459. The van der Waals surface area contributed by atoms with Crippen LogP contribution in [0, 0.1) is 18.8 Å². The molecule has 0 aliphatic heterocycles. The minimum Gasteiger partial charge on any atom is -0.398 e. The van der Waals surface area contributed by atoms with E-state index in [9.17, 15) is 9.90 Å². The maximum Gasteiger partial charge on any atom is 0.251 e. The molecule has 1 saturated carbocycles. The number of hydrogen-bond donors (Lipinski definition) is 3. The number of aryl methyl sites for hydroxylation is 1. The Morgan fingerprint density at radius 3 is 2.84 bits per heavy atom. The summed E-state index contributed by atoms with van der Waals surface area (Å²) in [6.07, 6.45) is 3.29. The highest BCUT2D eigenvalue weighted by molar-refractivity contribution is 5.95. The third-order valence-electron chi connectivity index (χ3n) is 4.12. The molecule has 2 rings (SSSR count). The molecule has 19 heavy (non-hydrogen) atoms. The SMILES string of the molecule is Cc1ccc(C(=O)NCC2CCCC2CO)cc1N. The van der Waals surface area contributed by atoms with E-state index in [0.29, 0.717) is 29.6 Å². The van der Waals surface area contributed by atoms with Crippen LogP contribution in [0.4, 0.5) is 5.69 Å². The van der Waals surface area contributed by atoms with Crippen molar-refractivity contribution in [2.45, 2.75) is 26.2 Å². The molecule has 1 aliphatic rings. The molecular weight excluding hydrogens is 240 g/mol. The van der Waals surface area contributed by atoms with E-state index in [1.54, 1.807) is 12.1 Å². The van der Waals surface area contributed by atoms with Gasteiger partial charge in [0.15, 0.2) is 0 Å². The molecule has 4 nitrogen and oxygen atoms in total. The maximum absolute atomic E-state index is 12.0. The molecule has 2 unspecified atom stereocenters. The van der Waals surface area contributed by atoms with Crippen LogP contribution >= 0.6 is 0 Å². The Morgan fingerprint density at radius 1 is 1.42 bits per heavy atom. The molecule has 1 aromatic rings. The molecule has 4 heteroatoms. The van der Waals surface area contributed by atoms with Gasteiger partial charge >= 0.3 is 0 Å². The second kappa shape index (κ2) is 6.06. The first kappa shape index (κ1) is 13.9. The zero-order valence-corrected chi connectivity index (χ0v) is 11.4. The van der Waals surface area contributed by atoms with Crippen LogP contribution < -0.4 is 11.1 Å². The lowest BCUT2D eigenvalue weighted by Gasteiger charge is -2.17. The molecule has 0 saturated heterocycles. The summed E-state index contributed by atoms with van der Waals surface area (Å²) in [4.78, 5) is 12.0. The number of nitrogens with one attached hydrogen (secondary N) is 1. The molecule has 0 radical (unpaired) electrons. The first-order chi connectivity index (χ1) is 9.11. The first-order valence-corrected chi connectivity index (χ1v) is 6.87. The minimum absolute atomic E-state index is 0.0877. The third kappa shape index (κ3) is 3.26. The number of anilines is 1. The summed E-state index contributed by atoms with van der Waals surface area (Å²) in [6.45, 7) is 2.78. The van der Waals surface area contributed by atoms with Crippen molar-refractivity contribution in [3.05, 3.63) is 29.3 Å². The van der Waals surface area contributed by atoms with Crippen LogP contribution in [-0.4, -0.2) is 24.2 Å². The number of carbonyl (C=O) groups excluding carboxylic acids is 1. The van der Waals surface area contributed by atoms with E-state index in [1.807, 2.05) is 13.0 Å². The van der Waals surface area contributed by atoms with Crippen molar-refractivity contribution in [1.82, 2.24) is 5.32 Å². The molecular formula is C15H22N2O2. The van der Waals surface area contributed by atoms with Crippen molar-refractivity contribution < 1.29 is 9.90 Å². The van der Waals surface area contributed by atoms with Gasteiger partial charge in [-0.1, -0.05) is 12.5 Å². The average Bonchev–Trinajstić information content (AvgIpc) is 2.86. The van der Waals surface area contributed by atoms with E-state index in [-0.39, 0.29) is 12.5 Å². The number of aliphatic hydroxyl groups excluding tert-OH is 1. The number of nitrogen functional groups attached to an aromatic ring is 1. The number of aliphatic hydroxyl groups is 1. The molecule has 1 aromatic carbocycles. The van der Waals surface area contributed by atoms with Crippen molar-refractivity contribution in [2.24, 2.45) is 11.8 Å². The van der Waals surface area contributed by atoms with Crippen LogP contribution in [0.1, 0.15) is 35.2 Å². The Morgan fingerprint density at radius 2 is 2.16 bits per heavy atom. The second-order valence-corrected chi connectivity index (χ2v) is 5.42. The van der Waals surface area contributed by atoms with Gasteiger partial charge in [-0.25, -0.2) is 0 Å². The number of amides is 1. The summed E-state index contributed by atoms with van der Waals surface area (Å²) in [5.74, 6) is 0.649. The van der Waals surface area contributed by atoms with Crippen molar-refractivity contribution in [1.29, 1.82) is 0 Å². The Balaban J connectivity index is 1.92. The van der Waals surface area contributed by atoms with E-state index in [0.717, 1.165) is 24.8 Å². The summed E-state index contributed by atoms with van der Waals surface area (Å²) in [5.41, 5.74) is 8.03. The molecule has 1 fully saturated rings.